The minimum absolute atomic E-state index is 0.0844. The van der Waals surface area contributed by atoms with Crippen LogP contribution < -0.4 is 10.6 Å². The first-order chi connectivity index (χ1) is 12.5. The SMILES string of the molecule is CCOC(=O)NC(NCC[C@H]1C=Nc2ccccc21)(C(F)(F)F)C(F)(F)F. The normalized spacial score (nSPS) is 16.9. The lowest BCUT2D eigenvalue weighted by atomic mass is 9.97. The average molecular weight is 397 g/mol. The second-order valence-corrected chi connectivity index (χ2v) is 5.75. The number of alkyl carbamates (subject to hydrolysis) is 1. The zero-order valence-corrected chi connectivity index (χ0v) is 14.1. The first-order valence-corrected chi connectivity index (χ1v) is 7.98. The number of nitrogens with one attached hydrogen (secondary N) is 2. The van der Waals surface area contributed by atoms with E-state index in [1.165, 1.54) is 18.5 Å². The van der Waals surface area contributed by atoms with Gasteiger partial charge in [0, 0.05) is 12.1 Å². The number of nitrogens with zero attached hydrogens (tertiary/aromatic N) is 1. The van der Waals surface area contributed by atoms with E-state index >= 15 is 0 Å². The van der Waals surface area contributed by atoms with Crippen LogP contribution in [0.1, 0.15) is 24.8 Å². The van der Waals surface area contributed by atoms with Gasteiger partial charge in [-0.3, -0.25) is 15.6 Å². The topological polar surface area (TPSA) is 62.7 Å². The first-order valence-electron chi connectivity index (χ1n) is 7.98. The van der Waals surface area contributed by atoms with Gasteiger partial charge in [-0.1, -0.05) is 18.2 Å². The molecule has 0 aliphatic carbocycles. The Morgan fingerprint density at radius 1 is 1.15 bits per heavy atom. The summed E-state index contributed by atoms with van der Waals surface area (Å²) in [5.74, 6) is -0.435. The average Bonchev–Trinajstić information content (AvgIpc) is 2.95. The molecule has 0 fully saturated rings. The third-order valence-electron chi connectivity index (χ3n) is 3.99. The number of para-hydroxylation sites is 1. The van der Waals surface area contributed by atoms with Gasteiger partial charge in [-0.05, 0) is 31.5 Å². The van der Waals surface area contributed by atoms with Gasteiger partial charge in [0.25, 0.3) is 5.66 Å². The molecule has 0 spiro atoms. The van der Waals surface area contributed by atoms with Crippen LogP contribution in [0.3, 0.4) is 0 Å². The number of hydrogen-bond acceptors (Lipinski definition) is 4. The monoisotopic (exact) mass is 397 g/mol. The summed E-state index contributed by atoms with van der Waals surface area (Å²) in [7, 11) is 0. The van der Waals surface area contributed by atoms with Crippen molar-refractivity contribution < 1.29 is 35.9 Å². The van der Waals surface area contributed by atoms with Crippen molar-refractivity contribution in [2.45, 2.75) is 37.3 Å². The molecule has 0 bridgehead atoms. The van der Waals surface area contributed by atoms with Crippen molar-refractivity contribution in [2.24, 2.45) is 4.99 Å². The number of rotatable bonds is 6. The smallest absolute Gasteiger partial charge is 0.434 e. The Bertz CT molecular complexity index is 688. The number of carbonyl (C=O) groups excluding carboxylic acids is 1. The van der Waals surface area contributed by atoms with Crippen LogP contribution in [0.5, 0.6) is 0 Å². The van der Waals surface area contributed by atoms with Crippen molar-refractivity contribution in [3.05, 3.63) is 29.8 Å². The lowest BCUT2D eigenvalue weighted by Gasteiger charge is -2.38. The van der Waals surface area contributed by atoms with E-state index in [4.69, 9.17) is 0 Å². The van der Waals surface area contributed by atoms with Crippen molar-refractivity contribution in [1.29, 1.82) is 0 Å². The molecule has 5 nitrogen and oxygen atoms in total. The van der Waals surface area contributed by atoms with E-state index in [1.54, 1.807) is 24.3 Å². The largest absolute Gasteiger partial charge is 0.450 e. The van der Waals surface area contributed by atoms with Gasteiger partial charge in [0.15, 0.2) is 0 Å². The Morgan fingerprint density at radius 3 is 2.37 bits per heavy atom. The van der Waals surface area contributed by atoms with Gasteiger partial charge in [0.2, 0.25) is 0 Å². The maximum atomic E-state index is 13.3. The van der Waals surface area contributed by atoms with Gasteiger partial charge >= 0.3 is 18.4 Å². The highest BCUT2D eigenvalue weighted by Crippen LogP contribution is 2.41. The Labute approximate surface area is 150 Å². The summed E-state index contributed by atoms with van der Waals surface area (Å²) in [4.78, 5) is 15.4. The molecule has 2 N–H and O–H groups in total. The third kappa shape index (κ3) is 4.34. The summed E-state index contributed by atoms with van der Waals surface area (Å²) in [6, 6.07) is 6.81. The van der Waals surface area contributed by atoms with Crippen molar-refractivity contribution in [3.63, 3.8) is 0 Å². The molecule has 1 aliphatic heterocycles. The third-order valence-corrected chi connectivity index (χ3v) is 3.99. The summed E-state index contributed by atoms with van der Waals surface area (Å²) in [6.45, 7) is 0.191. The van der Waals surface area contributed by atoms with Crippen molar-refractivity contribution in [3.8, 4) is 0 Å². The summed E-state index contributed by atoms with van der Waals surface area (Å²) >= 11 is 0. The van der Waals surface area contributed by atoms with E-state index in [9.17, 15) is 31.1 Å². The zero-order valence-electron chi connectivity index (χ0n) is 14.1. The lowest BCUT2D eigenvalue weighted by molar-refractivity contribution is -0.315. The van der Waals surface area contributed by atoms with Crippen LogP contribution in [0.15, 0.2) is 29.3 Å². The number of ether oxygens (including phenoxy) is 1. The fourth-order valence-corrected chi connectivity index (χ4v) is 2.68. The summed E-state index contributed by atoms with van der Waals surface area (Å²) < 4.78 is 84.2. The standard InChI is InChI=1S/C16H17F6N3O2/c1-2-27-13(26)25-14(15(17,18)19,16(20,21)22)24-8-7-10-9-23-12-6-4-3-5-11(10)12/h3-6,9-10,24H,2,7-8H2,1H3,(H,25,26)/t10-/m0/s1. The predicted molar refractivity (Wildman–Crippen MR) is 85.0 cm³/mol. The summed E-state index contributed by atoms with van der Waals surface area (Å²) in [5, 5.41) is 2.34. The maximum absolute atomic E-state index is 13.3. The van der Waals surface area contributed by atoms with Gasteiger partial charge in [-0.2, -0.15) is 26.3 Å². The second-order valence-electron chi connectivity index (χ2n) is 5.75. The van der Waals surface area contributed by atoms with Crippen LogP contribution in [0.2, 0.25) is 0 Å². The van der Waals surface area contributed by atoms with Gasteiger partial charge < -0.3 is 4.74 Å². The molecule has 0 saturated carbocycles. The highest BCUT2D eigenvalue weighted by atomic mass is 19.4. The molecule has 0 unspecified atom stereocenters. The Kier molecular flexibility index (Phi) is 6.03. The van der Waals surface area contributed by atoms with Gasteiger partial charge in [-0.25, -0.2) is 4.79 Å². The molecule has 1 amide bonds. The molecule has 0 saturated heterocycles. The molecule has 11 heteroatoms. The van der Waals surface area contributed by atoms with Crippen molar-refractivity contribution in [2.75, 3.05) is 13.2 Å². The molecular weight excluding hydrogens is 380 g/mol. The number of fused-ring (bicyclic) bond motifs is 1. The first kappa shape index (κ1) is 21.0. The van der Waals surface area contributed by atoms with Crippen LogP contribution in [0, 0.1) is 0 Å². The van der Waals surface area contributed by atoms with Crippen molar-refractivity contribution >= 4 is 18.0 Å². The second kappa shape index (κ2) is 7.75. The Morgan fingerprint density at radius 2 is 1.78 bits per heavy atom. The van der Waals surface area contributed by atoms with Gasteiger partial charge in [0.1, 0.15) is 0 Å². The molecule has 1 heterocycles. The Hall–Kier alpha value is -2.30. The molecule has 1 atom stereocenters. The molecule has 1 aliphatic rings. The van der Waals surface area contributed by atoms with Crippen molar-refractivity contribution in [1.82, 2.24) is 10.6 Å². The molecule has 0 aromatic heterocycles. The highest BCUT2D eigenvalue weighted by Gasteiger charge is 2.72. The van der Waals surface area contributed by atoms with Crippen LogP contribution in [0.25, 0.3) is 0 Å². The molecule has 0 radical (unpaired) electrons. The number of benzene rings is 1. The maximum Gasteiger partial charge on any atom is 0.434 e. The molecule has 1 aromatic carbocycles. The van der Waals surface area contributed by atoms with Gasteiger partial charge in [-0.15, -0.1) is 0 Å². The van der Waals surface area contributed by atoms with Crippen LogP contribution in [-0.2, 0) is 4.74 Å². The quantitative estimate of drug-likeness (QED) is 0.563. The number of carbonyl (C=O) groups is 1. The van der Waals surface area contributed by atoms with E-state index in [-0.39, 0.29) is 13.0 Å². The number of amides is 1. The fraction of sp³-hybridized carbons (Fsp3) is 0.500. The number of hydrogen-bond donors (Lipinski definition) is 2. The molecular formula is C16H17F6N3O2. The number of halogens is 6. The molecule has 27 heavy (non-hydrogen) atoms. The van der Waals surface area contributed by atoms with Crippen LogP contribution in [0.4, 0.5) is 36.8 Å². The number of aliphatic imine (C=N–C) groups is 1. The lowest BCUT2D eigenvalue weighted by Crippen LogP contribution is -2.75. The highest BCUT2D eigenvalue weighted by molar-refractivity contribution is 5.80. The van der Waals surface area contributed by atoms with Gasteiger partial charge in [0.05, 0.1) is 12.3 Å². The molecule has 2 rings (SSSR count). The minimum Gasteiger partial charge on any atom is -0.450 e. The van der Waals surface area contributed by atoms with E-state index in [2.05, 4.69) is 9.73 Å². The predicted octanol–water partition coefficient (Wildman–Crippen LogP) is 4.03. The minimum atomic E-state index is -5.85. The van der Waals surface area contributed by atoms with Crippen LogP contribution in [-0.4, -0.2) is 43.5 Å². The zero-order chi connectivity index (χ0) is 20.3. The van der Waals surface area contributed by atoms with Crippen LogP contribution >= 0.6 is 0 Å². The van der Waals surface area contributed by atoms with E-state index in [0.29, 0.717) is 11.3 Å². The molecule has 150 valence electrons. The van der Waals surface area contributed by atoms with E-state index < -0.39 is 36.6 Å². The number of alkyl halides is 6. The van der Waals surface area contributed by atoms with E-state index in [1.807, 2.05) is 0 Å². The van der Waals surface area contributed by atoms with E-state index in [0.717, 1.165) is 5.32 Å². The Balaban J connectivity index is 2.17. The fourth-order valence-electron chi connectivity index (χ4n) is 2.68. The summed E-state index contributed by atoms with van der Waals surface area (Å²) in [6.07, 6.45) is -12.1. The molecule has 1 aromatic rings. The summed E-state index contributed by atoms with van der Waals surface area (Å²) in [5.41, 5.74) is -3.30.